The number of carbonyl (C=O) groups is 1. The second-order valence-corrected chi connectivity index (χ2v) is 9.91. The Balaban J connectivity index is 1.70. The predicted molar refractivity (Wildman–Crippen MR) is 147 cm³/mol. The van der Waals surface area contributed by atoms with Crippen molar-refractivity contribution in [2.75, 3.05) is 12.0 Å². The lowest BCUT2D eigenvalue weighted by Crippen LogP contribution is -2.28. The second-order valence-electron chi connectivity index (χ2n) is 9.91. The smallest absolute Gasteiger partial charge is 0.239 e. The summed E-state index contributed by atoms with van der Waals surface area (Å²) < 4.78 is 5.30. The number of amides is 1. The maximum atomic E-state index is 14.2. The van der Waals surface area contributed by atoms with E-state index in [2.05, 4.69) is 0 Å². The third-order valence-electron chi connectivity index (χ3n) is 7.32. The van der Waals surface area contributed by atoms with Gasteiger partial charge in [0.2, 0.25) is 5.91 Å². The van der Waals surface area contributed by atoms with Crippen LogP contribution in [0.1, 0.15) is 44.9 Å². The molecule has 0 aromatic heterocycles. The zero-order valence-corrected chi connectivity index (χ0v) is 21.8. The van der Waals surface area contributed by atoms with Gasteiger partial charge in [0, 0.05) is 11.3 Å². The molecule has 1 amide bonds. The Morgan fingerprint density at radius 2 is 1.38 bits per heavy atom. The van der Waals surface area contributed by atoms with E-state index in [4.69, 9.17) is 4.74 Å². The Morgan fingerprint density at radius 1 is 0.811 bits per heavy atom. The quantitative estimate of drug-likeness (QED) is 0.325. The van der Waals surface area contributed by atoms with Crippen molar-refractivity contribution in [1.29, 1.82) is 0 Å². The number of phenols is 2. The van der Waals surface area contributed by atoms with E-state index in [0.29, 0.717) is 6.54 Å². The number of nitrogens with zero attached hydrogens (tertiary/aromatic N) is 1. The third-order valence-corrected chi connectivity index (χ3v) is 7.32. The molecule has 0 fully saturated rings. The molecule has 4 aromatic rings. The first-order valence-corrected chi connectivity index (χ1v) is 12.4. The Morgan fingerprint density at radius 3 is 1.95 bits per heavy atom. The van der Waals surface area contributed by atoms with E-state index in [0.717, 1.165) is 61.5 Å². The fourth-order valence-electron chi connectivity index (χ4n) is 5.39. The topological polar surface area (TPSA) is 70.0 Å². The lowest BCUT2D eigenvalue weighted by molar-refractivity contribution is -0.118. The Kier molecular flexibility index (Phi) is 6.16. The molecule has 5 nitrogen and oxygen atoms in total. The molecule has 188 valence electrons. The molecule has 0 aliphatic carbocycles. The summed E-state index contributed by atoms with van der Waals surface area (Å²) in [5, 5.41) is 20.8. The summed E-state index contributed by atoms with van der Waals surface area (Å²) in [7, 11) is 1.63. The number of aromatic hydroxyl groups is 2. The number of methoxy groups -OCH3 is 1. The maximum Gasteiger partial charge on any atom is 0.239 e. The van der Waals surface area contributed by atoms with Gasteiger partial charge in [-0.1, -0.05) is 36.4 Å². The van der Waals surface area contributed by atoms with Crippen molar-refractivity contribution in [2.24, 2.45) is 0 Å². The number of benzene rings is 4. The molecular formula is C32H31NO4. The maximum absolute atomic E-state index is 14.2. The van der Waals surface area contributed by atoms with Crippen LogP contribution in [0, 0.1) is 27.7 Å². The molecule has 2 N–H and O–H groups in total. The average molecular weight is 494 g/mol. The highest BCUT2D eigenvalue weighted by atomic mass is 16.5. The van der Waals surface area contributed by atoms with E-state index in [1.165, 1.54) is 0 Å². The van der Waals surface area contributed by atoms with E-state index < -0.39 is 5.92 Å². The van der Waals surface area contributed by atoms with Crippen LogP contribution >= 0.6 is 0 Å². The Bertz CT molecular complexity index is 1470. The van der Waals surface area contributed by atoms with E-state index in [1.807, 2.05) is 99.3 Å². The van der Waals surface area contributed by atoms with Crippen LogP contribution in [0.3, 0.4) is 0 Å². The number of anilines is 1. The van der Waals surface area contributed by atoms with E-state index in [1.54, 1.807) is 7.11 Å². The number of fused-ring (bicyclic) bond motifs is 1. The van der Waals surface area contributed by atoms with Crippen molar-refractivity contribution in [3.05, 3.63) is 106 Å². The van der Waals surface area contributed by atoms with Crippen molar-refractivity contribution in [2.45, 2.75) is 40.2 Å². The molecule has 0 saturated carbocycles. The summed E-state index contributed by atoms with van der Waals surface area (Å²) in [6, 6.07) is 21.6. The van der Waals surface area contributed by atoms with Gasteiger partial charge in [-0.25, -0.2) is 0 Å². The molecule has 4 aromatic carbocycles. The van der Waals surface area contributed by atoms with Crippen molar-refractivity contribution in [1.82, 2.24) is 0 Å². The molecule has 0 saturated heterocycles. The highest BCUT2D eigenvalue weighted by Gasteiger charge is 2.40. The highest BCUT2D eigenvalue weighted by molar-refractivity contribution is 6.09. The first kappa shape index (κ1) is 24.4. The van der Waals surface area contributed by atoms with Gasteiger partial charge >= 0.3 is 0 Å². The van der Waals surface area contributed by atoms with E-state index in [9.17, 15) is 15.0 Å². The molecule has 0 radical (unpaired) electrons. The number of rotatable bonds is 5. The minimum absolute atomic E-state index is 0.00465. The number of hydrogen-bond donors (Lipinski definition) is 2. The third kappa shape index (κ3) is 4.20. The Labute approximate surface area is 217 Å². The van der Waals surface area contributed by atoms with Crippen molar-refractivity contribution in [3.63, 3.8) is 0 Å². The molecule has 1 atom stereocenters. The van der Waals surface area contributed by atoms with E-state index in [-0.39, 0.29) is 17.4 Å². The molecule has 5 rings (SSSR count). The van der Waals surface area contributed by atoms with Gasteiger partial charge in [-0.3, -0.25) is 4.79 Å². The average Bonchev–Trinajstić information content (AvgIpc) is 3.16. The van der Waals surface area contributed by atoms with Crippen LogP contribution in [0.4, 0.5) is 5.69 Å². The molecule has 5 heteroatoms. The van der Waals surface area contributed by atoms with Crippen LogP contribution in [0.15, 0.2) is 66.7 Å². The summed E-state index contributed by atoms with van der Waals surface area (Å²) in [5.41, 5.74) is 8.66. The van der Waals surface area contributed by atoms with Gasteiger partial charge in [-0.15, -0.1) is 0 Å². The van der Waals surface area contributed by atoms with Crippen LogP contribution in [-0.4, -0.2) is 23.2 Å². The fraction of sp³-hybridized carbons (Fsp3) is 0.219. The fourth-order valence-corrected chi connectivity index (χ4v) is 5.39. The van der Waals surface area contributed by atoms with Gasteiger partial charge in [0.25, 0.3) is 0 Å². The van der Waals surface area contributed by atoms with Gasteiger partial charge in [-0.2, -0.15) is 0 Å². The SMILES string of the molecule is COc1ccc(CN2C(=O)C(c3cc(C)c(O)c(C)c3)c3c(-c4cc(C)c(O)c(C)c4)cccc32)cc1. The molecule has 1 heterocycles. The van der Waals surface area contributed by atoms with Gasteiger partial charge in [-0.05, 0) is 103 Å². The summed E-state index contributed by atoms with van der Waals surface area (Å²) in [6.45, 7) is 7.93. The van der Waals surface area contributed by atoms with Gasteiger partial charge in [0.15, 0.2) is 0 Å². The lowest BCUT2D eigenvalue weighted by Gasteiger charge is -2.19. The molecule has 1 unspecified atom stereocenters. The largest absolute Gasteiger partial charge is 0.507 e. The van der Waals surface area contributed by atoms with Gasteiger partial charge in [0.05, 0.1) is 19.6 Å². The summed E-state index contributed by atoms with van der Waals surface area (Å²) in [6.07, 6.45) is 0. The zero-order chi connectivity index (χ0) is 26.4. The summed E-state index contributed by atoms with van der Waals surface area (Å²) in [4.78, 5) is 16.0. The van der Waals surface area contributed by atoms with Crippen LogP contribution in [-0.2, 0) is 11.3 Å². The standard InChI is InChI=1S/C32H31NO4/c1-18-13-23(14-19(2)30(18)34)26-7-6-8-27-29(26)28(24-15-20(3)31(35)21(4)16-24)32(36)33(27)17-22-9-11-25(37-5)12-10-22/h6-16,28,34-35H,17H2,1-5H3. The van der Waals surface area contributed by atoms with Crippen molar-refractivity contribution < 1.29 is 19.7 Å². The number of phenolic OH excluding ortho intramolecular Hbond substituents is 2. The minimum Gasteiger partial charge on any atom is -0.507 e. The summed E-state index contributed by atoms with van der Waals surface area (Å²) in [5.74, 6) is 0.787. The Hall–Kier alpha value is -4.25. The molecule has 1 aliphatic rings. The molecule has 0 spiro atoms. The highest BCUT2D eigenvalue weighted by Crippen LogP contribution is 2.48. The number of aryl methyl sites for hydroxylation is 4. The lowest BCUT2D eigenvalue weighted by atomic mass is 9.85. The normalized spacial score (nSPS) is 14.7. The first-order valence-electron chi connectivity index (χ1n) is 12.4. The minimum atomic E-state index is -0.517. The summed E-state index contributed by atoms with van der Waals surface area (Å²) >= 11 is 0. The van der Waals surface area contributed by atoms with Gasteiger partial charge in [0.1, 0.15) is 17.2 Å². The molecule has 1 aliphatic heterocycles. The monoisotopic (exact) mass is 493 g/mol. The van der Waals surface area contributed by atoms with Gasteiger partial charge < -0.3 is 19.8 Å². The van der Waals surface area contributed by atoms with Crippen molar-refractivity contribution in [3.8, 4) is 28.4 Å². The van der Waals surface area contributed by atoms with Crippen molar-refractivity contribution >= 4 is 11.6 Å². The number of hydrogen-bond acceptors (Lipinski definition) is 4. The zero-order valence-electron chi connectivity index (χ0n) is 21.8. The molecule has 0 bridgehead atoms. The van der Waals surface area contributed by atoms with Crippen LogP contribution < -0.4 is 9.64 Å². The molecule has 37 heavy (non-hydrogen) atoms. The molecular weight excluding hydrogens is 462 g/mol. The van der Waals surface area contributed by atoms with Crippen LogP contribution in [0.25, 0.3) is 11.1 Å². The second kappa shape index (κ2) is 9.32. The predicted octanol–water partition coefficient (Wildman–Crippen LogP) is 6.69. The number of carbonyl (C=O) groups excluding carboxylic acids is 1. The van der Waals surface area contributed by atoms with Crippen LogP contribution in [0.2, 0.25) is 0 Å². The number of ether oxygens (including phenoxy) is 1. The van der Waals surface area contributed by atoms with E-state index >= 15 is 0 Å². The first-order chi connectivity index (χ1) is 17.7. The van der Waals surface area contributed by atoms with Crippen LogP contribution in [0.5, 0.6) is 17.2 Å².